The van der Waals surface area contributed by atoms with Gasteiger partial charge in [0.15, 0.2) is 0 Å². The van der Waals surface area contributed by atoms with Crippen LogP contribution in [0.25, 0.3) is 0 Å². The summed E-state index contributed by atoms with van der Waals surface area (Å²) in [5.41, 5.74) is -0.0673. The van der Waals surface area contributed by atoms with Gasteiger partial charge in [-0.15, -0.1) is 0 Å². The topological polar surface area (TPSA) is 91.0 Å². The molecule has 8 nitrogen and oxygen atoms in total. The smallest absolute Gasteiger partial charge is 0.416 e. The van der Waals surface area contributed by atoms with Gasteiger partial charge in [0.25, 0.3) is 5.91 Å². The summed E-state index contributed by atoms with van der Waals surface area (Å²) in [5, 5.41) is 5.60. The van der Waals surface area contributed by atoms with E-state index in [1.165, 1.54) is 18.2 Å². The first kappa shape index (κ1) is 30.5. The van der Waals surface area contributed by atoms with Gasteiger partial charge in [-0.1, -0.05) is 30.9 Å². The van der Waals surface area contributed by atoms with Crippen LogP contribution in [0, 0.1) is 0 Å². The van der Waals surface area contributed by atoms with Crippen molar-refractivity contribution in [3.8, 4) is 0 Å². The van der Waals surface area contributed by atoms with Gasteiger partial charge in [0.1, 0.15) is 6.61 Å². The number of fused-ring (bicyclic) bond motifs is 2. The van der Waals surface area contributed by atoms with E-state index < -0.39 is 17.6 Å². The molecular formula is C28H30F3N4O4PS. The van der Waals surface area contributed by atoms with Gasteiger partial charge < -0.3 is 20.3 Å². The summed E-state index contributed by atoms with van der Waals surface area (Å²) in [6, 6.07) is 11.0. The molecule has 2 N–H and O–H groups in total. The van der Waals surface area contributed by atoms with Gasteiger partial charge in [-0.25, -0.2) is 4.79 Å². The van der Waals surface area contributed by atoms with Gasteiger partial charge in [0.05, 0.1) is 24.3 Å². The largest absolute Gasteiger partial charge is 0.445 e. The maximum atomic E-state index is 13.1. The third-order valence-corrected chi connectivity index (χ3v) is 8.45. The first-order chi connectivity index (χ1) is 19.6. The van der Waals surface area contributed by atoms with E-state index in [0.717, 1.165) is 25.0 Å². The van der Waals surface area contributed by atoms with Crippen LogP contribution >= 0.6 is 7.51 Å². The van der Waals surface area contributed by atoms with Crippen LogP contribution in [0.5, 0.6) is 0 Å². The fourth-order valence-corrected chi connectivity index (χ4v) is 6.56. The van der Waals surface area contributed by atoms with Gasteiger partial charge in [-0.2, -0.15) is 13.2 Å². The van der Waals surface area contributed by atoms with E-state index in [1.54, 1.807) is 33.8 Å². The number of hydrogen-bond acceptors (Lipinski definition) is 6. The number of carbonyl (C=O) groups is 3. The highest BCUT2D eigenvalue weighted by atomic mass is 32.4. The first-order valence-corrected chi connectivity index (χ1v) is 15.0. The third kappa shape index (κ3) is 7.42. The Labute approximate surface area is 242 Å². The molecule has 218 valence electrons. The number of piperidine rings is 1. The van der Waals surface area contributed by atoms with Crippen molar-refractivity contribution >= 4 is 48.6 Å². The highest BCUT2D eigenvalue weighted by Gasteiger charge is 2.46. The zero-order valence-electron chi connectivity index (χ0n) is 22.1. The number of amides is 3. The molecule has 2 aromatic rings. The molecule has 3 amide bonds. The lowest BCUT2D eigenvalue weighted by molar-refractivity contribution is -0.137. The molecule has 2 fully saturated rings. The average molecular weight is 607 g/mol. The maximum Gasteiger partial charge on any atom is 0.416 e. The molecule has 0 aromatic heterocycles. The van der Waals surface area contributed by atoms with E-state index in [1.807, 2.05) is 0 Å². The number of rotatable bonds is 10. The fourth-order valence-electron chi connectivity index (χ4n) is 5.38. The normalized spacial score (nSPS) is 19.9. The van der Waals surface area contributed by atoms with Crippen molar-refractivity contribution in [2.75, 3.05) is 18.5 Å². The molecule has 2 aliphatic heterocycles. The van der Waals surface area contributed by atoms with Crippen LogP contribution in [0.2, 0.25) is 0 Å². The van der Waals surface area contributed by atoms with Crippen molar-refractivity contribution in [1.29, 1.82) is 0 Å². The van der Waals surface area contributed by atoms with E-state index in [4.69, 9.17) is 16.5 Å². The monoisotopic (exact) mass is 606 g/mol. The number of halogens is 3. The van der Waals surface area contributed by atoms with E-state index in [0.29, 0.717) is 26.0 Å². The lowest BCUT2D eigenvalue weighted by atomic mass is 9.97. The second-order valence-corrected chi connectivity index (χ2v) is 10.9. The Morgan fingerprint density at radius 3 is 2.49 bits per heavy atom. The SMILES string of the molecule is C=CCOC(=O)N1[C@@H]2CC[C@H]1C[C@@H](N(P=S)C(=O)CCNC(=O)c1ccccc1Nc1cccc(C(F)(F)F)c1)C2. The fraction of sp³-hybridized carbons (Fsp3) is 0.393. The molecule has 0 radical (unpaired) electrons. The molecular weight excluding hydrogens is 576 g/mol. The first-order valence-electron chi connectivity index (χ1n) is 13.1. The van der Waals surface area contributed by atoms with Crippen LogP contribution in [-0.2, 0) is 27.5 Å². The summed E-state index contributed by atoms with van der Waals surface area (Å²) < 4.78 is 46.1. The summed E-state index contributed by atoms with van der Waals surface area (Å²) in [6.45, 7) is 3.76. The van der Waals surface area contributed by atoms with Crippen molar-refractivity contribution < 1.29 is 32.3 Å². The summed E-state index contributed by atoms with van der Waals surface area (Å²) in [7, 11) is 0.372. The Kier molecular flexibility index (Phi) is 9.99. The quantitative estimate of drug-likeness (QED) is 0.253. The van der Waals surface area contributed by atoms with Crippen molar-refractivity contribution in [3.05, 3.63) is 72.3 Å². The molecule has 2 saturated heterocycles. The molecule has 2 aromatic carbocycles. The molecule has 3 atom stereocenters. The van der Waals surface area contributed by atoms with Gasteiger partial charge in [-0.3, -0.25) is 14.3 Å². The number of anilines is 2. The molecule has 0 unspecified atom stereocenters. The van der Waals surface area contributed by atoms with E-state index >= 15 is 0 Å². The molecule has 13 heteroatoms. The standard InChI is InChI=1S/C28H30F3N4O4PS/c1-2-14-39-27(38)34-20-10-11-21(34)17-22(16-20)35(40-41)25(36)12-13-32-26(37)23-8-3-4-9-24(23)33-19-7-5-6-18(15-19)28(29,30)31/h2-9,15,20-22,33H,1,10-14,16-17H2,(H,32,37)/t20-,21+,22+. The van der Waals surface area contributed by atoms with Crippen LogP contribution in [0.1, 0.15) is 48.0 Å². The molecule has 2 bridgehead atoms. The third-order valence-electron chi connectivity index (χ3n) is 7.20. The molecule has 41 heavy (non-hydrogen) atoms. The second-order valence-electron chi connectivity index (χ2n) is 9.86. The average Bonchev–Trinajstić information content (AvgIpc) is 3.21. The van der Waals surface area contributed by atoms with Gasteiger partial charge in [-0.05, 0) is 67.8 Å². The number of para-hydroxylation sites is 1. The molecule has 2 aliphatic rings. The zero-order chi connectivity index (χ0) is 29.6. The summed E-state index contributed by atoms with van der Waals surface area (Å²) in [6.07, 6.45) is -0.424. The summed E-state index contributed by atoms with van der Waals surface area (Å²) >= 11 is 5.25. The minimum Gasteiger partial charge on any atom is -0.445 e. The molecule has 0 spiro atoms. The molecule has 2 heterocycles. The zero-order valence-corrected chi connectivity index (χ0v) is 23.8. The van der Waals surface area contributed by atoms with Gasteiger partial charge >= 0.3 is 12.3 Å². The minimum atomic E-state index is -4.49. The Balaban J connectivity index is 1.33. The summed E-state index contributed by atoms with van der Waals surface area (Å²) in [5.74, 6) is -0.677. The van der Waals surface area contributed by atoms with Crippen molar-refractivity contribution in [2.24, 2.45) is 0 Å². The number of nitrogens with one attached hydrogen (secondary N) is 2. The van der Waals surface area contributed by atoms with Crippen LogP contribution in [0.4, 0.5) is 29.3 Å². The van der Waals surface area contributed by atoms with Crippen molar-refractivity contribution in [1.82, 2.24) is 14.9 Å². The number of hydrogen-bond donors (Lipinski definition) is 2. The number of alkyl halides is 3. The van der Waals surface area contributed by atoms with Gasteiger partial charge in [0.2, 0.25) is 5.91 Å². The lowest BCUT2D eigenvalue weighted by Gasteiger charge is -2.40. The maximum absolute atomic E-state index is 13.1. The molecule has 0 aliphatic carbocycles. The molecule has 0 saturated carbocycles. The minimum absolute atomic E-state index is 0.0233. The van der Waals surface area contributed by atoms with E-state index in [9.17, 15) is 27.6 Å². The molecule has 4 rings (SSSR count). The van der Waals surface area contributed by atoms with Crippen molar-refractivity contribution in [3.63, 3.8) is 0 Å². The highest BCUT2D eigenvalue weighted by molar-refractivity contribution is 7.95. The Hall–Kier alpha value is -3.50. The van der Waals surface area contributed by atoms with Crippen LogP contribution in [-0.4, -0.2) is 58.8 Å². The van der Waals surface area contributed by atoms with Crippen molar-refractivity contribution in [2.45, 2.75) is 56.4 Å². The van der Waals surface area contributed by atoms with E-state index in [2.05, 4.69) is 17.2 Å². The van der Waals surface area contributed by atoms with Crippen LogP contribution in [0.3, 0.4) is 0 Å². The second kappa shape index (κ2) is 13.4. The number of nitrogens with zero attached hydrogens (tertiary/aromatic N) is 2. The summed E-state index contributed by atoms with van der Waals surface area (Å²) in [4.78, 5) is 40.3. The van der Waals surface area contributed by atoms with Crippen LogP contribution in [0.15, 0.2) is 61.2 Å². The number of ether oxygens (including phenoxy) is 1. The lowest BCUT2D eigenvalue weighted by Crippen LogP contribution is -2.52. The van der Waals surface area contributed by atoms with Crippen LogP contribution < -0.4 is 10.6 Å². The number of carbonyl (C=O) groups excluding carboxylic acids is 3. The van der Waals surface area contributed by atoms with E-state index in [-0.39, 0.29) is 60.9 Å². The Morgan fingerprint density at radius 1 is 1.12 bits per heavy atom. The Bertz CT molecular complexity index is 1300. The van der Waals surface area contributed by atoms with Gasteiger partial charge in [0, 0.05) is 36.8 Å². The predicted molar refractivity (Wildman–Crippen MR) is 152 cm³/mol. The number of benzene rings is 2. The highest BCUT2D eigenvalue weighted by Crippen LogP contribution is 2.39. The predicted octanol–water partition coefficient (Wildman–Crippen LogP) is 6.04. The Morgan fingerprint density at radius 2 is 1.83 bits per heavy atom.